The molecule has 2 nitrogen and oxygen atoms in total. The van der Waals surface area contributed by atoms with Crippen LogP contribution in [-0.2, 0) is 4.79 Å². The Morgan fingerprint density at radius 2 is 2.29 bits per heavy atom. The Bertz CT molecular complexity index is 473. The van der Waals surface area contributed by atoms with Crippen LogP contribution in [0.2, 0.25) is 0 Å². The predicted molar refractivity (Wildman–Crippen MR) is 94.9 cm³/mol. The molecule has 0 aliphatic carbocycles. The Kier molecular flexibility index (Phi) is 5.94. The SMILES string of the molecule is CC(C)(C)SC[C@@H]1CCCCN1C(=O)/C=C/c1cccs1. The molecule has 2 rings (SSSR count). The second-order valence-corrected chi connectivity index (χ2v) is 9.28. The van der Waals surface area contributed by atoms with Crippen LogP contribution in [0.4, 0.5) is 0 Å². The fourth-order valence-corrected chi connectivity index (χ4v) is 4.10. The maximum Gasteiger partial charge on any atom is 0.246 e. The molecule has 0 saturated carbocycles. The minimum absolute atomic E-state index is 0.169. The molecule has 116 valence electrons. The summed E-state index contributed by atoms with van der Waals surface area (Å²) >= 11 is 3.63. The number of rotatable bonds is 4. The van der Waals surface area contributed by atoms with E-state index >= 15 is 0 Å². The highest BCUT2D eigenvalue weighted by Gasteiger charge is 2.26. The average molecular weight is 324 g/mol. The minimum Gasteiger partial charge on any atom is -0.335 e. The van der Waals surface area contributed by atoms with Crippen molar-refractivity contribution in [3.8, 4) is 0 Å². The van der Waals surface area contributed by atoms with Crippen molar-refractivity contribution < 1.29 is 4.79 Å². The van der Waals surface area contributed by atoms with Crippen LogP contribution in [0.3, 0.4) is 0 Å². The molecule has 0 bridgehead atoms. The lowest BCUT2D eigenvalue weighted by Gasteiger charge is -2.36. The molecule has 0 N–H and O–H groups in total. The van der Waals surface area contributed by atoms with Crippen LogP contribution in [0.25, 0.3) is 6.08 Å². The second kappa shape index (κ2) is 7.50. The smallest absolute Gasteiger partial charge is 0.246 e. The zero-order valence-corrected chi connectivity index (χ0v) is 14.8. The van der Waals surface area contributed by atoms with Gasteiger partial charge in [0.05, 0.1) is 0 Å². The summed E-state index contributed by atoms with van der Waals surface area (Å²) in [5.41, 5.74) is 0. The van der Waals surface area contributed by atoms with Crippen molar-refractivity contribution in [2.45, 2.75) is 50.8 Å². The van der Waals surface area contributed by atoms with Gasteiger partial charge in [-0.15, -0.1) is 11.3 Å². The molecule has 1 fully saturated rings. The highest BCUT2D eigenvalue weighted by atomic mass is 32.2. The van der Waals surface area contributed by atoms with Gasteiger partial charge in [-0.1, -0.05) is 26.8 Å². The Morgan fingerprint density at radius 3 is 2.95 bits per heavy atom. The number of thioether (sulfide) groups is 1. The van der Waals surface area contributed by atoms with Crippen molar-refractivity contribution in [2.75, 3.05) is 12.3 Å². The molecular formula is C17H25NOS2. The van der Waals surface area contributed by atoms with Gasteiger partial charge in [0.1, 0.15) is 0 Å². The van der Waals surface area contributed by atoms with Crippen LogP contribution in [0.15, 0.2) is 23.6 Å². The first-order valence-corrected chi connectivity index (χ1v) is 9.48. The summed E-state index contributed by atoms with van der Waals surface area (Å²) in [6, 6.07) is 4.44. The van der Waals surface area contributed by atoms with Gasteiger partial charge in [-0.2, -0.15) is 11.8 Å². The highest BCUT2D eigenvalue weighted by molar-refractivity contribution is 8.00. The number of thiophene rings is 1. The van der Waals surface area contributed by atoms with Gasteiger partial charge in [-0.25, -0.2) is 0 Å². The summed E-state index contributed by atoms with van der Waals surface area (Å²) in [4.78, 5) is 15.7. The van der Waals surface area contributed by atoms with E-state index in [-0.39, 0.29) is 10.7 Å². The first-order chi connectivity index (χ1) is 9.96. The molecule has 4 heteroatoms. The summed E-state index contributed by atoms with van der Waals surface area (Å²) in [7, 11) is 0. The van der Waals surface area contributed by atoms with Crippen molar-refractivity contribution in [3.05, 3.63) is 28.5 Å². The molecule has 0 radical (unpaired) electrons. The van der Waals surface area contributed by atoms with Gasteiger partial charge < -0.3 is 4.90 Å². The topological polar surface area (TPSA) is 20.3 Å². The van der Waals surface area contributed by atoms with E-state index in [4.69, 9.17) is 0 Å². The number of hydrogen-bond donors (Lipinski definition) is 0. The number of carbonyl (C=O) groups excluding carboxylic acids is 1. The largest absolute Gasteiger partial charge is 0.335 e. The summed E-state index contributed by atoms with van der Waals surface area (Å²) in [6.07, 6.45) is 7.20. The molecule has 0 unspecified atom stereocenters. The average Bonchev–Trinajstić information content (AvgIpc) is 2.95. The van der Waals surface area contributed by atoms with Crippen LogP contribution >= 0.6 is 23.1 Å². The second-order valence-electron chi connectivity index (χ2n) is 6.45. The number of nitrogens with zero attached hydrogens (tertiary/aromatic N) is 1. The standard InChI is InChI=1S/C17H25NOS2/c1-17(2,3)21-13-14-7-4-5-11-18(14)16(19)10-9-15-8-6-12-20-15/h6,8-10,12,14H,4-5,7,11,13H2,1-3H3/b10-9+/t14-/m0/s1. The quantitative estimate of drug-likeness (QED) is 0.750. The van der Waals surface area contributed by atoms with E-state index in [1.165, 1.54) is 6.42 Å². The monoisotopic (exact) mass is 323 g/mol. The molecule has 2 heterocycles. The highest BCUT2D eigenvalue weighted by Crippen LogP contribution is 2.28. The van der Waals surface area contributed by atoms with E-state index in [1.807, 2.05) is 35.4 Å². The van der Waals surface area contributed by atoms with Gasteiger partial charge in [0.25, 0.3) is 0 Å². The molecule has 1 amide bonds. The third-order valence-electron chi connectivity index (χ3n) is 3.55. The Balaban J connectivity index is 1.95. The maximum atomic E-state index is 12.5. The minimum atomic E-state index is 0.169. The molecule has 21 heavy (non-hydrogen) atoms. The van der Waals surface area contributed by atoms with Crippen LogP contribution in [-0.4, -0.2) is 33.9 Å². The molecule has 1 saturated heterocycles. The maximum absolute atomic E-state index is 12.5. The zero-order chi connectivity index (χ0) is 15.3. The fraction of sp³-hybridized carbons (Fsp3) is 0.588. The third-order valence-corrected chi connectivity index (χ3v) is 5.81. The van der Waals surface area contributed by atoms with Crippen LogP contribution < -0.4 is 0 Å². The van der Waals surface area contributed by atoms with E-state index < -0.39 is 0 Å². The molecule has 0 aromatic carbocycles. The molecule has 1 aliphatic heterocycles. The van der Waals surface area contributed by atoms with Crippen LogP contribution in [0, 0.1) is 0 Å². The lowest BCUT2D eigenvalue weighted by molar-refractivity contribution is -0.128. The molecule has 1 aromatic rings. The summed E-state index contributed by atoms with van der Waals surface area (Å²) in [5.74, 6) is 1.21. The lowest BCUT2D eigenvalue weighted by atomic mass is 10.0. The van der Waals surface area contributed by atoms with Gasteiger partial charge in [-0.3, -0.25) is 4.79 Å². The van der Waals surface area contributed by atoms with E-state index in [2.05, 4.69) is 25.7 Å². The molecule has 1 aromatic heterocycles. The van der Waals surface area contributed by atoms with E-state index in [9.17, 15) is 4.79 Å². The summed E-state index contributed by atoms with van der Waals surface area (Å²) in [6.45, 7) is 7.62. The van der Waals surface area contributed by atoms with Gasteiger partial charge >= 0.3 is 0 Å². The number of piperidine rings is 1. The lowest BCUT2D eigenvalue weighted by Crippen LogP contribution is -2.44. The molecule has 0 spiro atoms. The first-order valence-electron chi connectivity index (χ1n) is 7.62. The van der Waals surface area contributed by atoms with Crippen molar-refractivity contribution in [1.82, 2.24) is 4.90 Å². The predicted octanol–water partition coefficient (Wildman–Crippen LogP) is 4.67. The van der Waals surface area contributed by atoms with E-state index in [1.54, 1.807) is 17.4 Å². The van der Waals surface area contributed by atoms with Crippen molar-refractivity contribution in [3.63, 3.8) is 0 Å². The Hall–Kier alpha value is -0.740. The third kappa shape index (κ3) is 5.51. The Morgan fingerprint density at radius 1 is 1.48 bits per heavy atom. The fourth-order valence-electron chi connectivity index (χ4n) is 2.45. The van der Waals surface area contributed by atoms with Crippen LogP contribution in [0.5, 0.6) is 0 Å². The first kappa shape index (κ1) is 16.6. The van der Waals surface area contributed by atoms with Gasteiger partial charge in [0.15, 0.2) is 0 Å². The zero-order valence-electron chi connectivity index (χ0n) is 13.2. The van der Waals surface area contributed by atoms with Crippen molar-refractivity contribution in [1.29, 1.82) is 0 Å². The van der Waals surface area contributed by atoms with Gasteiger partial charge in [-0.05, 0) is 36.8 Å². The van der Waals surface area contributed by atoms with E-state index in [0.29, 0.717) is 6.04 Å². The van der Waals surface area contributed by atoms with Gasteiger partial charge in [0.2, 0.25) is 5.91 Å². The van der Waals surface area contributed by atoms with Crippen LogP contribution in [0.1, 0.15) is 44.9 Å². The number of amides is 1. The van der Waals surface area contributed by atoms with Gasteiger partial charge in [0, 0.05) is 34.0 Å². The number of hydrogen-bond acceptors (Lipinski definition) is 3. The normalized spacial score (nSPS) is 20.1. The van der Waals surface area contributed by atoms with Crippen molar-refractivity contribution in [2.24, 2.45) is 0 Å². The summed E-state index contributed by atoms with van der Waals surface area (Å²) in [5, 5.41) is 2.04. The number of carbonyl (C=O) groups is 1. The van der Waals surface area contributed by atoms with E-state index in [0.717, 1.165) is 30.0 Å². The molecular weight excluding hydrogens is 298 g/mol. The summed E-state index contributed by atoms with van der Waals surface area (Å²) < 4.78 is 0.263. The number of likely N-dealkylation sites (tertiary alicyclic amines) is 1. The molecule has 1 atom stereocenters. The van der Waals surface area contributed by atoms with Crippen molar-refractivity contribution >= 4 is 35.1 Å². The Labute approximate surface area is 136 Å². The molecule has 1 aliphatic rings.